The third-order valence-electron chi connectivity index (χ3n) is 3.29. The third-order valence-corrected chi connectivity index (χ3v) is 3.29. The molecule has 0 heterocycles. The lowest BCUT2D eigenvalue weighted by Crippen LogP contribution is -2.24. The van der Waals surface area contributed by atoms with Crippen LogP contribution < -0.4 is 10.1 Å². The first-order chi connectivity index (χ1) is 15.0. The van der Waals surface area contributed by atoms with Gasteiger partial charge in [0, 0.05) is 30.0 Å². The minimum atomic E-state index is -0.177. The minimum absolute atomic E-state index is 0.149. The highest BCUT2D eigenvalue weighted by molar-refractivity contribution is 5.94. The molecule has 1 aromatic rings. The van der Waals surface area contributed by atoms with Crippen LogP contribution in [0.1, 0.15) is 43.5 Å². The van der Waals surface area contributed by atoms with Crippen LogP contribution in [0, 0.1) is 47.9 Å². The summed E-state index contributed by atoms with van der Waals surface area (Å²) in [5.41, 5.74) is 8.67. The van der Waals surface area contributed by atoms with Gasteiger partial charge in [-0.1, -0.05) is 11.0 Å². The Labute approximate surface area is 183 Å². The highest BCUT2D eigenvalue weighted by atomic mass is 16.5. The van der Waals surface area contributed by atoms with Gasteiger partial charge in [-0.2, -0.15) is 0 Å². The number of rotatable bonds is 10. The molecule has 0 unspecified atom stereocenters. The smallest absolute Gasteiger partial charge is 0.251 e. The number of ether oxygens (including phenoxy) is 1. The lowest BCUT2D eigenvalue weighted by molar-refractivity contribution is -0.117. The zero-order valence-electron chi connectivity index (χ0n) is 17.7. The van der Waals surface area contributed by atoms with Crippen LogP contribution in [-0.4, -0.2) is 31.4 Å². The molecule has 1 rings (SSSR count). The summed E-state index contributed by atoms with van der Waals surface area (Å²) in [6.45, 7) is 4.57. The van der Waals surface area contributed by atoms with Gasteiger partial charge in [0.05, 0.1) is 6.61 Å². The number of carbonyl (C=O) groups excluding carboxylic acids is 2. The molecule has 0 bridgehead atoms. The largest absolute Gasteiger partial charge is 0.494 e. The fourth-order valence-corrected chi connectivity index (χ4v) is 1.90. The molecule has 0 aromatic heterocycles. The molecule has 1 N–H and O–H groups in total. The van der Waals surface area contributed by atoms with Gasteiger partial charge in [-0.15, -0.1) is 6.42 Å². The van der Waals surface area contributed by atoms with Gasteiger partial charge in [0.15, 0.2) is 0 Å². The Bertz CT molecular complexity index is 981. The van der Waals surface area contributed by atoms with Crippen LogP contribution in [0.15, 0.2) is 29.4 Å². The summed E-state index contributed by atoms with van der Waals surface area (Å²) < 4.78 is 5.49. The second-order valence-electron chi connectivity index (χ2n) is 5.76. The van der Waals surface area contributed by atoms with Gasteiger partial charge in [0.25, 0.3) is 5.91 Å². The van der Waals surface area contributed by atoms with E-state index >= 15 is 0 Å². The summed E-state index contributed by atoms with van der Waals surface area (Å²) in [4.78, 5) is 25.3. The predicted molar refractivity (Wildman–Crippen MR) is 121 cm³/mol. The van der Waals surface area contributed by atoms with Crippen molar-refractivity contribution in [3.8, 4) is 53.6 Å². The zero-order chi connectivity index (χ0) is 23.2. The number of ketones is 1. The first-order valence-electron chi connectivity index (χ1n) is 9.43. The molecule has 7 nitrogen and oxygen atoms in total. The molecule has 0 aliphatic rings. The fourth-order valence-electron chi connectivity index (χ4n) is 1.90. The Morgan fingerprint density at radius 2 is 1.81 bits per heavy atom. The zero-order valence-corrected chi connectivity index (χ0v) is 17.7. The quantitative estimate of drug-likeness (QED) is 0.207. The van der Waals surface area contributed by atoms with E-state index in [1.165, 1.54) is 0 Å². The van der Waals surface area contributed by atoms with Crippen molar-refractivity contribution in [3.05, 3.63) is 40.3 Å². The number of nitrogens with zero attached hydrogens (tertiary/aromatic N) is 3. The Morgan fingerprint density at radius 1 is 1.13 bits per heavy atom. The maximum Gasteiger partial charge on any atom is 0.251 e. The number of Topliss-reactive ketones (excluding diaryl/α,β-unsaturated/α-hetero) is 1. The van der Waals surface area contributed by atoms with Crippen molar-refractivity contribution in [2.45, 2.75) is 33.1 Å². The third kappa shape index (κ3) is 16.4. The van der Waals surface area contributed by atoms with Crippen molar-refractivity contribution in [2.24, 2.45) is 5.11 Å². The second-order valence-corrected chi connectivity index (χ2v) is 5.76. The van der Waals surface area contributed by atoms with E-state index in [1.807, 2.05) is 0 Å². The standard InChI is InChI=1S/C15H20N4O3.C9H4/c1-12(20)4-2-11-22-14-7-5-13(6-8-14)15(21)17-9-3-10-18-19-16;1-3-5-7-9-8-6-4-2/h5-8H,2-4,9-11H2,1H3,(H,17,21);1H,2H3. The number of azide groups is 1. The summed E-state index contributed by atoms with van der Waals surface area (Å²) in [5, 5.41) is 6.13. The van der Waals surface area contributed by atoms with Gasteiger partial charge < -0.3 is 14.8 Å². The Morgan fingerprint density at radius 3 is 2.42 bits per heavy atom. The molecule has 1 amide bonds. The van der Waals surface area contributed by atoms with Crippen molar-refractivity contribution in [1.29, 1.82) is 0 Å². The number of terminal acetylenes is 1. The average Bonchev–Trinajstić information content (AvgIpc) is 2.77. The maximum atomic E-state index is 11.8. The summed E-state index contributed by atoms with van der Waals surface area (Å²) >= 11 is 0. The van der Waals surface area contributed by atoms with E-state index in [2.05, 4.69) is 56.8 Å². The first-order valence-corrected chi connectivity index (χ1v) is 9.43. The predicted octanol–water partition coefficient (Wildman–Crippen LogP) is 3.51. The number of carbonyl (C=O) groups is 2. The number of amides is 1. The molecule has 0 aliphatic heterocycles. The monoisotopic (exact) mass is 416 g/mol. The van der Waals surface area contributed by atoms with Crippen LogP contribution in [0.3, 0.4) is 0 Å². The molecule has 0 saturated heterocycles. The Kier molecular flexibility index (Phi) is 16.4. The summed E-state index contributed by atoms with van der Waals surface area (Å²) in [7, 11) is 0. The molecular weight excluding hydrogens is 392 g/mol. The second kappa shape index (κ2) is 19.0. The number of hydrogen-bond acceptors (Lipinski definition) is 4. The van der Waals surface area contributed by atoms with Crippen LogP contribution in [0.5, 0.6) is 5.75 Å². The van der Waals surface area contributed by atoms with Gasteiger partial charge >= 0.3 is 0 Å². The van der Waals surface area contributed by atoms with Crippen LogP contribution in [0.25, 0.3) is 10.4 Å². The molecule has 0 aliphatic carbocycles. The molecule has 158 valence electrons. The lowest BCUT2D eigenvalue weighted by atomic mass is 10.2. The molecule has 7 heteroatoms. The SMILES string of the molecule is C#CC#CC#CC#CC.CC(=O)CCCOc1ccc(C(=O)NCCCN=[N+]=[N-])cc1. The molecule has 0 spiro atoms. The van der Waals surface area contributed by atoms with E-state index in [4.69, 9.17) is 16.7 Å². The van der Waals surface area contributed by atoms with E-state index in [1.54, 1.807) is 38.1 Å². The summed E-state index contributed by atoms with van der Waals surface area (Å²) in [6, 6.07) is 6.82. The average molecular weight is 416 g/mol. The Balaban J connectivity index is 0.000000842. The van der Waals surface area contributed by atoms with E-state index in [0.29, 0.717) is 50.3 Å². The van der Waals surface area contributed by atoms with Crippen molar-refractivity contribution >= 4 is 11.7 Å². The fraction of sp³-hybridized carbons (Fsp3) is 0.333. The minimum Gasteiger partial charge on any atom is -0.494 e. The van der Waals surface area contributed by atoms with Crippen LogP contribution >= 0.6 is 0 Å². The van der Waals surface area contributed by atoms with Crippen molar-refractivity contribution in [3.63, 3.8) is 0 Å². The molecule has 0 saturated carbocycles. The van der Waals surface area contributed by atoms with Gasteiger partial charge in [0.2, 0.25) is 0 Å². The molecule has 1 aromatic carbocycles. The maximum absolute atomic E-state index is 11.8. The topological polar surface area (TPSA) is 104 Å². The van der Waals surface area contributed by atoms with Crippen LogP contribution in [0.2, 0.25) is 0 Å². The molecular formula is C24H24N4O3. The molecule has 0 atom stereocenters. The van der Waals surface area contributed by atoms with E-state index in [9.17, 15) is 9.59 Å². The number of hydrogen-bond donors (Lipinski definition) is 1. The van der Waals surface area contributed by atoms with Gasteiger partial charge in [-0.3, -0.25) is 4.79 Å². The van der Waals surface area contributed by atoms with Crippen molar-refractivity contribution < 1.29 is 14.3 Å². The molecule has 0 fully saturated rings. The molecule has 31 heavy (non-hydrogen) atoms. The number of benzene rings is 1. The van der Waals surface area contributed by atoms with Gasteiger partial charge in [-0.05, 0) is 92.0 Å². The molecule has 0 radical (unpaired) electrons. The van der Waals surface area contributed by atoms with E-state index in [-0.39, 0.29) is 11.7 Å². The van der Waals surface area contributed by atoms with E-state index < -0.39 is 0 Å². The summed E-state index contributed by atoms with van der Waals surface area (Å²) in [6.07, 6.45) is 6.61. The highest BCUT2D eigenvalue weighted by Crippen LogP contribution is 2.12. The van der Waals surface area contributed by atoms with Crippen molar-refractivity contribution in [2.75, 3.05) is 19.7 Å². The van der Waals surface area contributed by atoms with E-state index in [0.717, 1.165) is 0 Å². The van der Waals surface area contributed by atoms with Gasteiger partial charge in [-0.25, -0.2) is 0 Å². The Hall–Kier alpha value is -4.29. The van der Waals surface area contributed by atoms with Crippen LogP contribution in [-0.2, 0) is 4.79 Å². The van der Waals surface area contributed by atoms with Crippen molar-refractivity contribution in [1.82, 2.24) is 5.32 Å². The normalized spacial score (nSPS) is 7.90. The highest BCUT2D eigenvalue weighted by Gasteiger charge is 2.04. The first kappa shape index (κ1) is 26.7. The van der Waals surface area contributed by atoms with Gasteiger partial charge in [0.1, 0.15) is 11.5 Å². The lowest BCUT2D eigenvalue weighted by Gasteiger charge is -2.07. The summed E-state index contributed by atoms with van der Waals surface area (Å²) in [5.74, 6) is 17.6. The van der Waals surface area contributed by atoms with Crippen LogP contribution in [0.4, 0.5) is 0 Å². The number of nitrogens with one attached hydrogen (secondary N) is 1.